The fraction of sp³-hybridized carbons (Fsp3) is 0.185. The molecule has 0 saturated carbocycles. The molecule has 1 amide bonds. The van der Waals surface area contributed by atoms with E-state index in [9.17, 15) is 4.79 Å². The van der Waals surface area contributed by atoms with Gasteiger partial charge in [-0.05, 0) is 42.0 Å². The number of carbonyl (C=O) groups is 1. The molecule has 0 bridgehead atoms. The Morgan fingerprint density at radius 1 is 0.857 bits per heavy atom. The summed E-state index contributed by atoms with van der Waals surface area (Å²) in [7, 11) is 6.35. The minimum atomic E-state index is -0.224. The minimum Gasteiger partial charge on any atom is -0.497 e. The maximum atomic E-state index is 12.7. The number of benzene rings is 3. The van der Waals surface area contributed by atoms with E-state index < -0.39 is 0 Å². The van der Waals surface area contributed by atoms with Crippen LogP contribution in [0.25, 0.3) is 22.6 Å². The topological polar surface area (TPSA) is 94.7 Å². The number of aromatic amines is 1. The second-order valence-electron chi connectivity index (χ2n) is 7.70. The molecule has 0 radical (unpaired) electrons. The van der Waals surface area contributed by atoms with Crippen LogP contribution >= 0.6 is 0 Å². The molecule has 0 aliphatic carbocycles. The highest BCUT2D eigenvalue weighted by Crippen LogP contribution is 2.33. The Hall–Kier alpha value is -4.46. The maximum absolute atomic E-state index is 12.7. The summed E-state index contributed by atoms with van der Waals surface area (Å²) in [6.07, 6.45) is 1.76. The zero-order chi connectivity index (χ0) is 24.8. The van der Waals surface area contributed by atoms with Crippen LogP contribution in [0.15, 0.2) is 66.9 Å². The number of amides is 1. The third kappa shape index (κ3) is 5.38. The van der Waals surface area contributed by atoms with Crippen LogP contribution < -0.4 is 24.3 Å². The molecule has 0 unspecified atom stereocenters. The van der Waals surface area contributed by atoms with E-state index in [4.69, 9.17) is 18.9 Å². The summed E-state index contributed by atoms with van der Waals surface area (Å²) < 4.78 is 21.3. The number of imidazole rings is 1. The van der Waals surface area contributed by atoms with E-state index in [-0.39, 0.29) is 5.91 Å². The number of hydrogen-bond donors (Lipinski definition) is 2. The van der Waals surface area contributed by atoms with Crippen molar-refractivity contribution in [2.24, 2.45) is 0 Å². The van der Waals surface area contributed by atoms with Crippen LogP contribution in [-0.4, -0.2) is 44.3 Å². The van der Waals surface area contributed by atoms with Crippen molar-refractivity contribution in [3.63, 3.8) is 0 Å². The second kappa shape index (κ2) is 10.6. The van der Waals surface area contributed by atoms with E-state index in [1.165, 1.54) is 0 Å². The first kappa shape index (κ1) is 23.7. The summed E-state index contributed by atoms with van der Waals surface area (Å²) in [4.78, 5) is 20.6. The molecule has 0 atom stereocenters. The van der Waals surface area contributed by atoms with Crippen molar-refractivity contribution < 1.29 is 23.7 Å². The van der Waals surface area contributed by atoms with Gasteiger partial charge in [0, 0.05) is 29.3 Å². The summed E-state index contributed by atoms with van der Waals surface area (Å²) in [6.45, 7) is 0.351. The second-order valence-corrected chi connectivity index (χ2v) is 7.70. The van der Waals surface area contributed by atoms with Crippen molar-refractivity contribution in [3.05, 3.63) is 78.0 Å². The van der Waals surface area contributed by atoms with Crippen molar-refractivity contribution in [1.82, 2.24) is 15.3 Å². The van der Waals surface area contributed by atoms with Crippen LogP contribution in [0.4, 0.5) is 0 Å². The fourth-order valence-electron chi connectivity index (χ4n) is 3.68. The molecule has 8 heteroatoms. The molecule has 4 rings (SSSR count). The zero-order valence-electron chi connectivity index (χ0n) is 20.0. The van der Waals surface area contributed by atoms with E-state index in [1.54, 1.807) is 52.8 Å². The number of rotatable bonds is 9. The molecular weight excluding hydrogens is 446 g/mol. The Morgan fingerprint density at radius 2 is 1.60 bits per heavy atom. The van der Waals surface area contributed by atoms with Gasteiger partial charge in [-0.2, -0.15) is 0 Å². The lowest BCUT2D eigenvalue weighted by molar-refractivity contribution is 0.0950. The van der Waals surface area contributed by atoms with E-state index >= 15 is 0 Å². The molecule has 0 aliphatic rings. The quantitative estimate of drug-likeness (QED) is 0.366. The molecule has 8 nitrogen and oxygen atoms in total. The van der Waals surface area contributed by atoms with Gasteiger partial charge in [0.25, 0.3) is 5.91 Å². The average Bonchev–Trinajstić information content (AvgIpc) is 3.41. The van der Waals surface area contributed by atoms with Crippen molar-refractivity contribution in [2.75, 3.05) is 28.4 Å². The lowest BCUT2D eigenvalue weighted by Crippen LogP contribution is -2.22. The smallest absolute Gasteiger partial charge is 0.251 e. The number of nitrogens with zero attached hydrogens (tertiary/aromatic N) is 1. The summed E-state index contributed by atoms with van der Waals surface area (Å²) in [6, 6.07) is 18.5. The van der Waals surface area contributed by atoms with Crippen molar-refractivity contribution in [3.8, 4) is 45.6 Å². The molecule has 2 N–H and O–H groups in total. The van der Waals surface area contributed by atoms with Gasteiger partial charge < -0.3 is 29.2 Å². The molecule has 35 heavy (non-hydrogen) atoms. The number of aromatic nitrogens is 2. The van der Waals surface area contributed by atoms with E-state index in [2.05, 4.69) is 15.3 Å². The van der Waals surface area contributed by atoms with Crippen LogP contribution in [-0.2, 0) is 6.54 Å². The molecule has 0 spiro atoms. The van der Waals surface area contributed by atoms with Gasteiger partial charge in [0.15, 0.2) is 0 Å². The molecule has 0 fully saturated rings. The minimum absolute atomic E-state index is 0.224. The van der Waals surface area contributed by atoms with Gasteiger partial charge in [0.05, 0.1) is 40.3 Å². The third-order valence-electron chi connectivity index (χ3n) is 5.54. The van der Waals surface area contributed by atoms with Crippen LogP contribution in [0.2, 0.25) is 0 Å². The van der Waals surface area contributed by atoms with Gasteiger partial charge >= 0.3 is 0 Å². The zero-order valence-corrected chi connectivity index (χ0v) is 20.0. The van der Waals surface area contributed by atoms with Crippen molar-refractivity contribution in [1.29, 1.82) is 0 Å². The summed E-state index contributed by atoms with van der Waals surface area (Å²) in [5, 5.41) is 2.94. The van der Waals surface area contributed by atoms with Crippen LogP contribution in [0.1, 0.15) is 15.9 Å². The van der Waals surface area contributed by atoms with Gasteiger partial charge in [-0.3, -0.25) is 4.79 Å². The van der Waals surface area contributed by atoms with E-state index in [0.29, 0.717) is 35.2 Å². The SMILES string of the molecule is COc1cc(OC)cc(C(=O)NCc2cccc(-c3ncc(-c4cc(OC)ccc4OC)[nH]3)c2)c1. The standard InChI is InChI=1S/C27H27N3O5/c1-32-20-8-9-25(35-4)23(14-20)24-16-28-26(30-24)18-7-5-6-17(10-18)15-29-27(31)19-11-21(33-2)13-22(12-19)34-3/h5-14,16H,15H2,1-4H3,(H,28,30)(H,29,31). The third-order valence-corrected chi connectivity index (χ3v) is 5.54. The molecule has 180 valence electrons. The Balaban J connectivity index is 1.51. The highest BCUT2D eigenvalue weighted by molar-refractivity contribution is 5.95. The molecule has 1 heterocycles. The summed E-state index contributed by atoms with van der Waals surface area (Å²) in [5.41, 5.74) is 3.94. The van der Waals surface area contributed by atoms with Crippen molar-refractivity contribution >= 4 is 5.91 Å². The number of H-pyrrole nitrogens is 1. The van der Waals surface area contributed by atoms with E-state index in [1.807, 2.05) is 42.5 Å². The Kier molecular flexibility index (Phi) is 7.21. The number of ether oxygens (including phenoxy) is 4. The van der Waals surface area contributed by atoms with Crippen molar-refractivity contribution in [2.45, 2.75) is 6.54 Å². The fourth-order valence-corrected chi connectivity index (χ4v) is 3.68. The summed E-state index contributed by atoms with van der Waals surface area (Å²) >= 11 is 0. The van der Waals surface area contributed by atoms with Gasteiger partial charge in [-0.1, -0.05) is 18.2 Å². The first-order valence-corrected chi connectivity index (χ1v) is 10.9. The monoisotopic (exact) mass is 473 g/mol. The lowest BCUT2D eigenvalue weighted by Gasteiger charge is -2.10. The first-order chi connectivity index (χ1) is 17.0. The highest BCUT2D eigenvalue weighted by Gasteiger charge is 2.13. The van der Waals surface area contributed by atoms with Crippen LogP contribution in [0.5, 0.6) is 23.0 Å². The van der Waals surface area contributed by atoms with Gasteiger partial charge in [0.1, 0.15) is 28.8 Å². The van der Waals surface area contributed by atoms with Gasteiger partial charge in [-0.25, -0.2) is 4.98 Å². The lowest BCUT2D eigenvalue weighted by atomic mass is 10.1. The number of hydrogen-bond acceptors (Lipinski definition) is 6. The molecular formula is C27H27N3O5. The molecule has 1 aromatic heterocycles. The molecule has 0 saturated heterocycles. The van der Waals surface area contributed by atoms with Crippen LogP contribution in [0.3, 0.4) is 0 Å². The number of methoxy groups -OCH3 is 4. The molecule has 0 aliphatic heterocycles. The average molecular weight is 474 g/mol. The largest absolute Gasteiger partial charge is 0.497 e. The molecule has 4 aromatic rings. The Bertz CT molecular complexity index is 1310. The van der Waals surface area contributed by atoms with Crippen LogP contribution in [0, 0.1) is 0 Å². The predicted octanol–water partition coefficient (Wildman–Crippen LogP) is 4.71. The molecule has 3 aromatic carbocycles. The number of nitrogens with one attached hydrogen (secondary N) is 2. The first-order valence-electron chi connectivity index (χ1n) is 10.9. The Labute approximate surface area is 203 Å². The van der Waals surface area contributed by atoms with Gasteiger partial charge in [0.2, 0.25) is 0 Å². The summed E-state index contributed by atoms with van der Waals surface area (Å²) in [5.74, 6) is 3.03. The van der Waals surface area contributed by atoms with Gasteiger partial charge in [-0.15, -0.1) is 0 Å². The highest BCUT2D eigenvalue weighted by atomic mass is 16.5. The normalized spacial score (nSPS) is 10.5. The maximum Gasteiger partial charge on any atom is 0.251 e. The predicted molar refractivity (Wildman–Crippen MR) is 133 cm³/mol. The van der Waals surface area contributed by atoms with E-state index in [0.717, 1.165) is 28.1 Å². The Morgan fingerprint density at radius 3 is 2.29 bits per heavy atom. The number of carbonyl (C=O) groups excluding carboxylic acids is 1.